The minimum Gasteiger partial charge on any atom is -0.462 e. The fourth-order valence-corrected chi connectivity index (χ4v) is 13.0. The smallest absolute Gasteiger partial charge is 0.462 e. The molecule has 0 aromatic carbocycles. The second-order valence-electron chi connectivity index (χ2n) is 27.4. The summed E-state index contributed by atoms with van der Waals surface area (Å²) in [5.41, 5.74) is 0. The van der Waals surface area contributed by atoms with E-state index in [4.69, 9.17) is 37.0 Å². The summed E-state index contributed by atoms with van der Waals surface area (Å²) in [4.78, 5) is 72.9. The van der Waals surface area contributed by atoms with Crippen LogP contribution in [0.1, 0.15) is 387 Å². The van der Waals surface area contributed by atoms with Gasteiger partial charge in [0.1, 0.15) is 19.3 Å². The molecule has 0 heterocycles. The van der Waals surface area contributed by atoms with Crippen molar-refractivity contribution in [3.05, 3.63) is 36.5 Å². The maximum atomic E-state index is 13.1. The number of esters is 4. The number of ether oxygens (including phenoxy) is 4. The van der Waals surface area contributed by atoms with Crippen LogP contribution in [0.3, 0.4) is 0 Å². The van der Waals surface area contributed by atoms with Gasteiger partial charge in [0, 0.05) is 25.7 Å². The first-order chi connectivity index (χ1) is 47.7. The lowest BCUT2D eigenvalue weighted by molar-refractivity contribution is -0.161. The maximum Gasteiger partial charge on any atom is 0.472 e. The first-order valence-corrected chi connectivity index (χ1v) is 43.2. The predicted molar refractivity (Wildman–Crippen MR) is 400 cm³/mol. The first kappa shape index (κ1) is 95.3. The van der Waals surface area contributed by atoms with Crippen LogP contribution in [0.15, 0.2) is 36.5 Å². The van der Waals surface area contributed by atoms with Gasteiger partial charge in [-0.25, -0.2) is 9.13 Å². The maximum absolute atomic E-state index is 13.1. The molecular weight excluding hydrogens is 1280 g/mol. The highest BCUT2D eigenvalue weighted by Crippen LogP contribution is 2.45. The topological polar surface area (TPSA) is 237 Å². The lowest BCUT2D eigenvalue weighted by Crippen LogP contribution is -2.30. The largest absolute Gasteiger partial charge is 0.472 e. The molecule has 0 amide bonds. The molecule has 2 unspecified atom stereocenters. The van der Waals surface area contributed by atoms with E-state index < -0.39 is 97.5 Å². The first-order valence-electron chi connectivity index (χ1n) is 40.2. The summed E-state index contributed by atoms with van der Waals surface area (Å²) in [6.07, 6.45) is 68.3. The Kier molecular flexibility index (Phi) is 70.6. The SMILES string of the molecule is CCCCCC/C=C\CCCCCCCCCC(=O)OC[C@H](COP(=O)(O)OC[C@@H](O)COP(=O)(O)OC[C@@H](COC(=O)CCCCCCCCCCCCCCCCC)OC(=O)CCCCCCCCC/C=C\CCCCCC)OC(=O)CCCCCCC/C=C\CCCCCC. The van der Waals surface area contributed by atoms with E-state index in [1.807, 2.05) is 0 Å². The van der Waals surface area contributed by atoms with Gasteiger partial charge in [0.2, 0.25) is 0 Å². The van der Waals surface area contributed by atoms with E-state index >= 15 is 0 Å². The Morgan fingerprint density at radius 2 is 0.469 bits per heavy atom. The minimum absolute atomic E-state index is 0.0903. The van der Waals surface area contributed by atoms with Gasteiger partial charge in [-0.1, -0.05) is 295 Å². The molecule has 0 saturated carbocycles. The Morgan fingerprint density at radius 3 is 0.714 bits per heavy atom. The summed E-state index contributed by atoms with van der Waals surface area (Å²) in [5, 5.41) is 10.6. The summed E-state index contributed by atoms with van der Waals surface area (Å²) in [6, 6.07) is 0. The van der Waals surface area contributed by atoms with E-state index in [1.54, 1.807) is 0 Å². The van der Waals surface area contributed by atoms with E-state index in [-0.39, 0.29) is 25.7 Å². The van der Waals surface area contributed by atoms with E-state index in [2.05, 4.69) is 64.2 Å². The van der Waals surface area contributed by atoms with E-state index in [0.29, 0.717) is 25.7 Å². The average Bonchev–Trinajstić information content (AvgIpc) is 0.959. The van der Waals surface area contributed by atoms with Gasteiger partial charge < -0.3 is 33.8 Å². The molecule has 17 nitrogen and oxygen atoms in total. The number of carbonyl (C=O) groups is 4. The zero-order valence-corrected chi connectivity index (χ0v) is 64.8. The number of aliphatic hydroxyl groups excluding tert-OH is 1. The molecule has 576 valence electrons. The van der Waals surface area contributed by atoms with Crippen molar-refractivity contribution in [2.24, 2.45) is 0 Å². The molecule has 0 aliphatic heterocycles. The van der Waals surface area contributed by atoms with Crippen LogP contribution in [-0.4, -0.2) is 96.7 Å². The Balaban J connectivity index is 5.30. The fraction of sp³-hybridized carbons (Fsp3) is 0.873. The lowest BCUT2D eigenvalue weighted by Gasteiger charge is -2.21. The Bertz CT molecular complexity index is 2000. The molecule has 0 fully saturated rings. The molecule has 0 aliphatic carbocycles. The highest BCUT2D eigenvalue weighted by atomic mass is 31.2. The lowest BCUT2D eigenvalue weighted by atomic mass is 10.0. The van der Waals surface area contributed by atoms with E-state index in [1.165, 1.54) is 161 Å². The number of phosphoric acid groups is 2. The van der Waals surface area contributed by atoms with Crippen molar-refractivity contribution < 1.29 is 80.2 Å². The van der Waals surface area contributed by atoms with Crippen LogP contribution in [0.4, 0.5) is 0 Å². The van der Waals surface area contributed by atoms with Crippen molar-refractivity contribution in [2.75, 3.05) is 39.6 Å². The van der Waals surface area contributed by atoms with Gasteiger partial charge in [-0.15, -0.1) is 0 Å². The highest BCUT2D eigenvalue weighted by molar-refractivity contribution is 7.47. The normalized spacial score (nSPS) is 14.1. The van der Waals surface area contributed by atoms with Gasteiger partial charge >= 0.3 is 39.5 Å². The van der Waals surface area contributed by atoms with Crippen molar-refractivity contribution in [3.63, 3.8) is 0 Å². The summed E-state index contributed by atoms with van der Waals surface area (Å²) in [6.45, 7) is 4.91. The Hall–Kier alpha value is -2.72. The molecule has 0 rings (SSSR count). The number of carbonyl (C=O) groups excluding carboxylic acids is 4. The average molecular weight is 1430 g/mol. The molecule has 0 radical (unpaired) electrons. The number of allylic oxidation sites excluding steroid dienone is 6. The van der Waals surface area contributed by atoms with Crippen LogP contribution in [0.25, 0.3) is 0 Å². The number of hydrogen-bond donors (Lipinski definition) is 3. The van der Waals surface area contributed by atoms with Crippen LogP contribution in [0.2, 0.25) is 0 Å². The van der Waals surface area contributed by atoms with Crippen molar-refractivity contribution in [1.29, 1.82) is 0 Å². The van der Waals surface area contributed by atoms with Crippen LogP contribution >= 0.6 is 15.6 Å². The third-order valence-electron chi connectivity index (χ3n) is 17.6. The number of hydrogen-bond acceptors (Lipinski definition) is 15. The zero-order valence-electron chi connectivity index (χ0n) is 63.0. The van der Waals surface area contributed by atoms with Crippen molar-refractivity contribution in [2.45, 2.75) is 406 Å². The quantitative estimate of drug-likeness (QED) is 0.0169. The second kappa shape index (κ2) is 72.6. The number of phosphoric ester groups is 2. The molecule has 3 N–H and O–H groups in total. The second-order valence-corrected chi connectivity index (χ2v) is 30.3. The molecule has 0 aromatic rings. The van der Waals surface area contributed by atoms with Crippen molar-refractivity contribution in [3.8, 4) is 0 Å². The van der Waals surface area contributed by atoms with Gasteiger partial charge in [0.05, 0.1) is 26.4 Å². The molecular formula is C79H148O17P2. The molecule has 0 aliphatic rings. The number of rotatable bonds is 77. The molecule has 0 saturated heterocycles. The third-order valence-corrected chi connectivity index (χ3v) is 19.5. The van der Waals surface area contributed by atoms with Gasteiger partial charge in [-0.3, -0.25) is 37.3 Å². The molecule has 0 aromatic heterocycles. The Morgan fingerprint density at radius 1 is 0.276 bits per heavy atom. The van der Waals surface area contributed by atoms with Gasteiger partial charge in [0.15, 0.2) is 12.2 Å². The monoisotopic (exact) mass is 1430 g/mol. The van der Waals surface area contributed by atoms with Crippen LogP contribution in [-0.2, 0) is 65.4 Å². The third kappa shape index (κ3) is 71.7. The Labute approximate surface area is 598 Å². The molecule has 5 atom stereocenters. The minimum atomic E-state index is -4.97. The van der Waals surface area contributed by atoms with Gasteiger partial charge in [-0.2, -0.15) is 0 Å². The van der Waals surface area contributed by atoms with Gasteiger partial charge in [0.25, 0.3) is 0 Å². The number of aliphatic hydroxyl groups is 1. The number of unbranched alkanes of at least 4 members (excludes halogenated alkanes) is 45. The molecule has 0 spiro atoms. The summed E-state index contributed by atoms with van der Waals surface area (Å²) < 4.78 is 68.6. The summed E-state index contributed by atoms with van der Waals surface area (Å²) in [7, 11) is -9.93. The zero-order chi connectivity index (χ0) is 71.8. The molecule has 98 heavy (non-hydrogen) atoms. The summed E-state index contributed by atoms with van der Waals surface area (Å²) >= 11 is 0. The van der Waals surface area contributed by atoms with Crippen LogP contribution < -0.4 is 0 Å². The molecule has 19 heteroatoms. The van der Waals surface area contributed by atoms with Crippen molar-refractivity contribution >= 4 is 39.5 Å². The molecule has 0 bridgehead atoms. The van der Waals surface area contributed by atoms with Crippen LogP contribution in [0, 0.1) is 0 Å². The predicted octanol–water partition coefficient (Wildman–Crippen LogP) is 23.1. The van der Waals surface area contributed by atoms with Gasteiger partial charge in [-0.05, 0) is 103 Å². The van der Waals surface area contributed by atoms with E-state index in [0.717, 1.165) is 148 Å². The van der Waals surface area contributed by atoms with Crippen molar-refractivity contribution in [1.82, 2.24) is 0 Å². The standard InChI is InChI=1S/C79H148O17P2/c1-5-9-13-17-21-25-29-33-36-40-43-47-51-55-59-63-76(81)89-69-74(95-78(83)65-61-57-53-49-45-39-32-28-24-20-16-12-8-4)71-93-97(85,86)91-67-73(80)68-92-98(87,88)94-72-75(96-79(84)66-62-58-54-50-46-42-38-35-31-27-23-19-15-11-7-3)70-90-77(82)64-60-56-52-48-44-41-37-34-30-26-22-18-14-10-6-2/h25,27-29,31-32,73-75,80H,5-24,26,30,33-72H2,1-4H3,(H,85,86)(H,87,88)/b29-25-,31-27-,32-28-/t73-,74-,75-/m1/s1. The highest BCUT2D eigenvalue weighted by Gasteiger charge is 2.30. The summed E-state index contributed by atoms with van der Waals surface area (Å²) in [5.74, 6) is -2.15. The fourth-order valence-electron chi connectivity index (χ4n) is 11.4. The van der Waals surface area contributed by atoms with Crippen LogP contribution in [0.5, 0.6) is 0 Å². The van der Waals surface area contributed by atoms with E-state index in [9.17, 15) is 43.2 Å².